The number of benzene rings is 2. The summed E-state index contributed by atoms with van der Waals surface area (Å²) >= 11 is 1.00. The fourth-order valence-electron chi connectivity index (χ4n) is 3.31. The van der Waals surface area contributed by atoms with E-state index in [2.05, 4.69) is 10.3 Å². The van der Waals surface area contributed by atoms with Gasteiger partial charge in [0.2, 0.25) is 11.8 Å². The van der Waals surface area contributed by atoms with Crippen LogP contribution in [0.25, 0.3) is 11.5 Å². The first-order valence-electron chi connectivity index (χ1n) is 9.65. The number of imide groups is 1. The Bertz CT molecular complexity index is 1100. The van der Waals surface area contributed by atoms with Crippen LogP contribution in [0.15, 0.2) is 59.0 Å². The van der Waals surface area contributed by atoms with Gasteiger partial charge in [-0.2, -0.15) is 0 Å². The number of ketones is 1. The topological polar surface area (TPSA) is 89.3 Å². The van der Waals surface area contributed by atoms with Gasteiger partial charge in [0.15, 0.2) is 5.78 Å². The number of oxazole rings is 1. The van der Waals surface area contributed by atoms with E-state index in [-0.39, 0.29) is 46.5 Å². The number of nitrogens with zero attached hydrogens (tertiary/aromatic N) is 1. The Morgan fingerprint density at radius 2 is 1.81 bits per heavy atom. The van der Waals surface area contributed by atoms with Crippen molar-refractivity contribution in [2.75, 3.05) is 0 Å². The Hall–Kier alpha value is -2.19. The van der Waals surface area contributed by atoms with Gasteiger partial charge in [-0.05, 0) is 31.0 Å². The molecule has 4 rings (SSSR count). The Morgan fingerprint density at radius 3 is 2.45 bits per heavy atom. The molecule has 1 aliphatic heterocycles. The minimum absolute atomic E-state index is 0. The van der Waals surface area contributed by atoms with Crippen LogP contribution < -0.4 is 5.32 Å². The molecule has 3 aromatic rings. The van der Waals surface area contributed by atoms with E-state index in [9.17, 15) is 14.4 Å². The summed E-state index contributed by atoms with van der Waals surface area (Å²) in [6.07, 6.45) is 1.29. The summed E-state index contributed by atoms with van der Waals surface area (Å²) in [5.41, 5.74) is 3.22. The van der Waals surface area contributed by atoms with Crippen molar-refractivity contribution in [1.82, 2.24) is 10.3 Å². The van der Waals surface area contributed by atoms with Crippen molar-refractivity contribution < 1.29 is 18.8 Å². The van der Waals surface area contributed by atoms with Crippen molar-refractivity contribution in [3.63, 3.8) is 0 Å². The van der Waals surface area contributed by atoms with Crippen molar-refractivity contribution in [3.05, 3.63) is 77.2 Å². The van der Waals surface area contributed by atoms with Crippen LogP contribution in [0.4, 0.5) is 4.79 Å². The Morgan fingerprint density at radius 1 is 1.10 bits per heavy atom. The molecule has 2 heterocycles. The number of rotatable bonds is 7. The van der Waals surface area contributed by atoms with Gasteiger partial charge < -0.3 is 4.42 Å². The number of aryl methyl sites for hydroxylation is 2. The molecule has 1 unspecified atom stereocenters. The summed E-state index contributed by atoms with van der Waals surface area (Å²) in [5, 5.41) is 1.56. The fraction of sp³-hybridized carbons (Fsp3) is 0.217. The molecule has 0 radical (unpaired) electrons. The van der Waals surface area contributed by atoms with Crippen molar-refractivity contribution >= 4 is 58.2 Å². The van der Waals surface area contributed by atoms with Gasteiger partial charge in [0, 0.05) is 24.0 Å². The van der Waals surface area contributed by atoms with E-state index in [1.165, 1.54) is 0 Å². The molecule has 0 bridgehead atoms. The van der Waals surface area contributed by atoms with Crippen LogP contribution in [0, 0.1) is 6.92 Å². The van der Waals surface area contributed by atoms with Gasteiger partial charge in [-0.15, -0.1) is 0 Å². The van der Waals surface area contributed by atoms with Crippen LogP contribution >= 0.6 is 11.8 Å². The van der Waals surface area contributed by atoms with Gasteiger partial charge in [0.25, 0.3) is 5.24 Å². The van der Waals surface area contributed by atoms with E-state index in [1.807, 2.05) is 49.4 Å². The average molecular weight is 444 g/mol. The molecule has 2 amide bonds. The van der Waals surface area contributed by atoms with Gasteiger partial charge >= 0.3 is 29.6 Å². The van der Waals surface area contributed by atoms with Crippen molar-refractivity contribution in [2.24, 2.45) is 0 Å². The Balaban J connectivity index is 0.00000272. The van der Waals surface area contributed by atoms with Gasteiger partial charge in [0.05, 0.1) is 10.9 Å². The molecule has 2 aromatic carbocycles. The number of hydrogen-bond acceptors (Lipinski definition) is 6. The molecule has 1 atom stereocenters. The van der Waals surface area contributed by atoms with E-state index in [0.29, 0.717) is 30.7 Å². The van der Waals surface area contributed by atoms with Crippen LogP contribution in [-0.2, 0) is 17.6 Å². The second-order valence-electron chi connectivity index (χ2n) is 7.10. The third-order valence-electron chi connectivity index (χ3n) is 4.97. The zero-order valence-corrected chi connectivity index (χ0v) is 17.2. The van der Waals surface area contributed by atoms with Crippen LogP contribution in [0.2, 0.25) is 0 Å². The first-order valence-corrected chi connectivity index (χ1v) is 10.5. The summed E-state index contributed by atoms with van der Waals surface area (Å²) < 4.78 is 5.75. The zero-order chi connectivity index (χ0) is 21.1. The van der Waals surface area contributed by atoms with Crippen LogP contribution in [0.3, 0.4) is 0 Å². The quantitative estimate of drug-likeness (QED) is 0.441. The minimum atomic E-state index is -0.409. The average Bonchev–Trinajstić information content (AvgIpc) is 3.28. The van der Waals surface area contributed by atoms with E-state index in [1.54, 1.807) is 12.1 Å². The number of nitrogens with one attached hydrogen (secondary N) is 1. The van der Waals surface area contributed by atoms with Gasteiger partial charge in [-0.1, -0.05) is 54.2 Å². The number of thioether (sulfide) groups is 1. The number of carbonyl (C=O) groups excluding carboxylic acids is 3. The number of carbonyl (C=O) groups is 3. The monoisotopic (exact) mass is 444 g/mol. The normalized spacial score (nSPS) is 15.5. The Kier molecular flexibility index (Phi) is 7.89. The van der Waals surface area contributed by atoms with Gasteiger partial charge in [0.1, 0.15) is 5.76 Å². The van der Waals surface area contributed by atoms with Gasteiger partial charge in [-0.25, -0.2) is 4.98 Å². The zero-order valence-electron chi connectivity index (χ0n) is 16.4. The molecule has 1 saturated heterocycles. The molecule has 0 aliphatic carbocycles. The molecular formula is C23H21N2NaO4S. The number of Topliss-reactive ketones (excluding diaryl/α,β-unsaturated/α-hetero) is 1. The predicted octanol–water partition coefficient (Wildman–Crippen LogP) is 3.71. The first kappa shape index (κ1) is 23.5. The maximum atomic E-state index is 12.6. The van der Waals surface area contributed by atoms with Crippen LogP contribution in [0.1, 0.15) is 33.8 Å². The molecule has 0 saturated carbocycles. The van der Waals surface area contributed by atoms with E-state index >= 15 is 0 Å². The van der Waals surface area contributed by atoms with E-state index in [0.717, 1.165) is 34.3 Å². The fourth-order valence-corrected chi connectivity index (χ4v) is 4.17. The molecular weight excluding hydrogens is 423 g/mol. The van der Waals surface area contributed by atoms with Gasteiger partial charge in [-0.3, -0.25) is 19.7 Å². The summed E-state index contributed by atoms with van der Waals surface area (Å²) in [5.74, 6) is 1.04. The van der Waals surface area contributed by atoms with E-state index in [4.69, 9.17) is 4.42 Å². The molecule has 1 fully saturated rings. The second-order valence-corrected chi connectivity index (χ2v) is 8.27. The third kappa shape index (κ3) is 5.74. The molecule has 154 valence electrons. The molecule has 31 heavy (non-hydrogen) atoms. The van der Waals surface area contributed by atoms with E-state index < -0.39 is 5.25 Å². The number of amides is 2. The first-order chi connectivity index (χ1) is 14.5. The molecule has 8 heteroatoms. The molecule has 1 aliphatic rings. The molecule has 1 aromatic heterocycles. The molecule has 1 N–H and O–H groups in total. The second kappa shape index (κ2) is 10.4. The number of aromatic nitrogens is 1. The maximum absolute atomic E-state index is 12.6. The van der Waals surface area contributed by atoms with Crippen molar-refractivity contribution in [3.8, 4) is 11.5 Å². The summed E-state index contributed by atoms with van der Waals surface area (Å²) in [6.45, 7) is 1.86. The van der Waals surface area contributed by atoms with Crippen LogP contribution in [-0.4, -0.2) is 56.7 Å². The molecule has 6 nitrogen and oxygen atoms in total. The van der Waals surface area contributed by atoms with Crippen molar-refractivity contribution in [2.45, 2.75) is 31.4 Å². The summed E-state index contributed by atoms with van der Waals surface area (Å²) in [7, 11) is 0. The third-order valence-corrected chi connectivity index (χ3v) is 5.95. The summed E-state index contributed by atoms with van der Waals surface area (Å²) in [6, 6.07) is 16.9. The Labute approximate surface area is 206 Å². The van der Waals surface area contributed by atoms with Crippen LogP contribution in [0.5, 0.6) is 0 Å². The number of hydrogen-bond donors (Lipinski definition) is 1. The molecule has 0 spiro atoms. The van der Waals surface area contributed by atoms with Crippen molar-refractivity contribution in [1.29, 1.82) is 0 Å². The SMILES string of the molecule is Cc1oc(-c2ccccc2)nc1CCC(=O)c1ccc(CC2SC(=O)NC2=O)cc1.[NaH]. The summed E-state index contributed by atoms with van der Waals surface area (Å²) in [4.78, 5) is 40.1. The standard InChI is InChI=1S/C23H20N2O4S.Na.H/c1-14-18(24-22(29-14)17-5-3-2-4-6-17)11-12-19(26)16-9-7-15(8-10-16)13-20-21(27)25-23(28)30-20;;/h2-10,20H,11-13H2,1H3,(H,25,27,28);;. The predicted molar refractivity (Wildman–Crippen MR) is 122 cm³/mol.